The van der Waals surface area contributed by atoms with Gasteiger partial charge < -0.3 is 29.5 Å². The van der Waals surface area contributed by atoms with Gasteiger partial charge in [-0.05, 0) is 20.3 Å². The van der Waals surface area contributed by atoms with Gasteiger partial charge in [0.1, 0.15) is 0 Å². The Bertz CT molecular complexity index is 158. The van der Waals surface area contributed by atoms with E-state index in [4.69, 9.17) is 29.5 Å². The summed E-state index contributed by atoms with van der Waals surface area (Å²) in [6.45, 7) is 8.38. The molecule has 20 heavy (non-hydrogen) atoms. The van der Waals surface area contributed by atoms with E-state index >= 15 is 0 Å². The lowest BCUT2D eigenvalue weighted by atomic mass is 10.4. The van der Waals surface area contributed by atoms with Crippen LogP contribution in [0.5, 0.6) is 0 Å². The summed E-state index contributed by atoms with van der Waals surface area (Å²) in [6.07, 6.45) is 1.66. The molecule has 124 valence electrons. The van der Waals surface area contributed by atoms with Crippen LogP contribution in [0.1, 0.15) is 33.6 Å². The van der Waals surface area contributed by atoms with Crippen molar-refractivity contribution >= 4 is 0 Å². The summed E-state index contributed by atoms with van der Waals surface area (Å²) >= 11 is 0. The van der Waals surface area contributed by atoms with E-state index in [1.54, 1.807) is 13.8 Å². The molecule has 0 aromatic carbocycles. The van der Waals surface area contributed by atoms with Crippen molar-refractivity contribution in [2.24, 2.45) is 0 Å². The van der Waals surface area contributed by atoms with E-state index in [-0.39, 0.29) is 19.3 Å². The Balaban J connectivity index is 0. The van der Waals surface area contributed by atoms with Crippen LogP contribution >= 0.6 is 0 Å². The highest BCUT2D eigenvalue weighted by atomic mass is 16.5. The Kier molecular flexibility index (Phi) is 20.7. The molecule has 0 aliphatic carbocycles. The summed E-state index contributed by atoms with van der Waals surface area (Å²) < 4.78 is 15.2. The van der Waals surface area contributed by atoms with Crippen LogP contribution in [0.3, 0.4) is 0 Å². The molecule has 0 aliphatic rings. The van der Waals surface area contributed by atoms with Crippen molar-refractivity contribution in [3.63, 3.8) is 0 Å². The van der Waals surface area contributed by atoms with Gasteiger partial charge in [-0.3, -0.25) is 0 Å². The minimum atomic E-state index is -0.445. The van der Waals surface area contributed by atoms with Gasteiger partial charge in [0.25, 0.3) is 0 Å². The van der Waals surface area contributed by atoms with Crippen LogP contribution in [0.15, 0.2) is 0 Å². The molecule has 0 aromatic rings. The number of rotatable bonds is 12. The Morgan fingerprint density at radius 2 is 1.55 bits per heavy atom. The van der Waals surface area contributed by atoms with Crippen LogP contribution in [0.25, 0.3) is 0 Å². The number of hydrogen-bond donors (Lipinski definition) is 3. The van der Waals surface area contributed by atoms with Gasteiger partial charge >= 0.3 is 0 Å². The second-order valence-electron chi connectivity index (χ2n) is 4.48. The quantitative estimate of drug-likeness (QED) is 0.457. The standard InChI is InChI=1S/C8H18O3.C6H14O3/c1-2-3-5-10-7-8-11-6-4-9;1-5(8)4-9-6(2)3-7/h9H,2-8H2,1H3;5-8H,3-4H2,1-2H3. The van der Waals surface area contributed by atoms with E-state index in [2.05, 4.69) is 6.92 Å². The first-order chi connectivity index (χ1) is 9.58. The van der Waals surface area contributed by atoms with Gasteiger partial charge in [-0.25, -0.2) is 0 Å². The first-order valence-corrected chi connectivity index (χ1v) is 7.25. The second-order valence-corrected chi connectivity index (χ2v) is 4.48. The van der Waals surface area contributed by atoms with Crippen LogP contribution in [0, 0.1) is 0 Å². The fraction of sp³-hybridized carbons (Fsp3) is 1.00. The Morgan fingerprint density at radius 1 is 0.950 bits per heavy atom. The summed E-state index contributed by atoms with van der Waals surface area (Å²) in [5, 5.41) is 25.5. The lowest BCUT2D eigenvalue weighted by Gasteiger charge is -2.10. The average Bonchev–Trinajstić information content (AvgIpc) is 2.44. The third-order valence-corrected chi connectivity index (χ3v) is 2.13. The highest BCUT2D eigenvalue weighted by molar-refractivity contribution is 4.47. The molecule has 0 saturated heterocycles. The van der Waals surface area contributed by atoms with Gasteiger partial charge in [0, 0.05) is 6.61 Å². The SMILES string of the molecule is CC(O)COC(C)CO.CCCCOCCOCCO. The van der Waals surface area contributed by atoms with Gasteiger partial charge in [0.2, 0.25) is 0 Å². The van der Waals surface area contributed by atoms with Crippen molar-refractivity contribution in [3.05, 3.63) is 0 Å². The molecule has 0 saturated carbocycles. The zero-order chi connectivity index (χ0) is 15.6. The second kappa shape index (κ2) is 18.8. The topological polar surface area (TPSA) is 88.4 Å². The molecule has 0 heterocycles. The maximum atomic E-state index is 8.69. The van der Waals surface area contributed by atoms with Crippen LogP contribution in [0.4, 0.5) is 0 Å². The molecule has 0 spiro atoms. The van der Waals surface area contributed by atoms with E-state index in [0.29, 0.717) is 26.4 Å². The average molecular weight is 296 g/mol. The summed E-state index contributed by atoms with van der Waals surface area (Å²) in [6, 6.07) is 0. The van der Waals surface area contributed by atoms with Crippen LogP contribution in [-0.4, -0.2) is 73.8 Å². The maximum Gasteiger partial charge on any atom is 0.0779 e. The van der Waals surface area contributed by atoms with E-state index in [1.807, 2.05) is 0 Å². The van der Waals surface area contributed by atoms with Gasteiger partial charge in [-0.1, -0.05) is 13.3 Å². The Morgan fingerprint density at radius 3 is 2.00 bits per heavy atom. The maximum absolute atomic E-state index is 8.69. The molecular formula is C14H32O6. The summed E-state index contributed by atoms with van der Waals surface area (Å²) in [5.74, 6) is 0. The van der Waals surface area contributed by atoms with Crippen molar-refractivity contribution in [3.8, 4) is 0 Å². The van der Waals surface area contributed by atoms with Crippen LogP contribution in [0.2, 0.25) is 0 Å². The van der Waals surface area contributed by atoms with Crippen LogP contribution in [-0.2, 0) is 14.2 Å². The lowest BCUT2D eigenvalue weighted by Crippen LogP contribution is -2.19. The summed E-state index contributed by atoms with van der Waals surface area (Å²) in [4.78, 5) is 0. The zero-order valence-electron chi connectivity index (χ0n) is 13.1. The molecule has 6 nitrogen and oxygen atoms in total. The van der Waals surface area contributed by atoms with Gasteiger partial charge in [-0.15, -0.1) is 0 Å². The van der Waals surface area contributed by atoms with Crippen LogP contribution < -0.4 is 0 Å². The number of hydrogen-bond acceptors (Lipinski definition) is 6. The Labute approximate surface area is 122 Å². The molecular weight excluding hydrogens is 264 g/mol. The third-order valence-electron chi connectivity index (χ3n) is 2.13. The molecule has 3 N–H and O–H groups in total. The fourth-order valence-electron chi connectivity index (χ4n) is 0.989. The first kappa shape index (κ1) is 22.0. The van der Waals surface area contributed by atoms with Gasteiger partial charge in [0.05, 0.1) is 51.8 Å². The smallest absolute Gasteiger partial charge is 0.0779 e. The first-order valence-electron chi connectivity index (χ1n) is 7.25. The summed E-state index contributed by atoms with van der Waals surface area (Å²) in [7, 11) is 0. The predicted octanol–water partition coefficient (Wildman–Crippen LogP) is 0.577. The largest absolute Gasteiger partial charge is 0.394 e. The van der Waals surface area contributed by atoms with Crippen molar-refractivity contribution < 1.29 is 29.5 Å². The minimum absolute atomic E-state index is 0.00667. The molecule has 0 aliphatic heterocycles. The van der Waals surface area contributed by atoms with E-state index in [0.717, 1.165) is 19.4 Å². The molecule has 2 unspecified atom stereocenters. The molecule has 0 aromatic heterocycles. The van der Waals surface area contributed by atoms with Crippen molar-refractivity contribution in [2.75, 3.05) is 46.2 Å². The number of unbranched alkanes of at least 4 members (excludes halogenated alkanes) is 1. The normalized spacial score (nSPS) is 13.5. The minimum Gasteiger partial charge on any atom is -0.394 e. The highest BCUT2D eigenvalue weighted by Gasteiger charge is 2.00. The van der Waals surface area contributed by atoms with Crippen molar-refractivity contribution in [1.29, 1.82) is 0 Å². The molecule has 0 amide bonds. The molecule has 0 radical (unpaired) electrons. The number of aliphatic hydroxyl groups is 3. The predicted molar refractivity (Wildman–Crippen MR) is 77.8 cm³/mol. The van der Waals surface area contributed by atoms with Crippen molar-refractivity contribution in [2.45, 2.75) is 45.8 Å². The number of ether oxygens (including phenoxy) is 3. The fourth-order valence-corrected chi connectivity index (χ4v) is 0.989. The van der Waals surface area contributed by atoms with E-state index in [9.17, 15) is 0 Å². The summed E-state index contributed by atoms with van der Waals surface area (Å²) in [5.41, 5.74) is 0. The lowest BCUT2D eigenvalue weighted by molar-refractivity contribution is -0.0177. The highest BCUT2D eigenvalue weighted by Crippen LogP contribution is 1.90. The van der Waals surface area contributed by atoms with Crippen molar-refractivity contribution in [1.82, 2.24) is 0 Å². The molecule has 0 fully saturated rings. The zero-order valence-corrected chi connectivity index (χ0v) is 13.1. The monoisotopic (exact) mass is 296 g/mol. The molecule has 0 rings (SSSR count). The van der Waals surface area contributed by atoms with E-state index < -0.39 is 6.10 Å². The molecule has 2 atom stereocenters. The van der Waals surface area contributed by atoms with E-state index in [1.165, 1.54) is 0 Å². The number of aliphatic hydroxyl groups excluding tert-OH is 3. The van der Waals surface area contributed by atoms with Gasteiger partial charge in [-0.2, -0.15) is 0 Å². The van der Waals surface area contributed by atoms with Gasteiger partial charge in [0.15, 0.2) is 0 Å². The third kappa shape index (κ3) is 22.9. The molecule has 0 bridgehead atoms. The molecule has 6 heteroatoms. The Hall–Kier alpha value is -0.240.